The molecule has 0 saturated carbocycles. The van der Waals surface area contributed by atoms with Gasteiger partial charge in [-0.15, -0.1) is 22.7 Å². The number of rotatable bonds is 8. The third-order valence-electron chi connectivity index (χ3n) is 15.3. The second-order valence-electron chi connectivity index (χ2n) is 18.4. The van der Waals surface area contributed by atoms with Crippen molar-refractivity contribution in [2.24, 2.45) is 0 Å². The lowest BCUT2D eigenvalue weighted by molar-refractivity contribution is 0.630. The minimum absolute atomic E-state index is 0.482. The molecule has 11 aromatic rings. The molecule has 0 N–H and O–H groups in total. The summed E-state index contributed by atoms with van der Waals surface area (Å²) in [6, 6.07) is 64.5. The van der Waals surface area contributed by atoms with Crippen molar-refractivity contribution in [1.82, 2.24) is 9.13 Å². The van der Waals surface area contributed by atoms with Gasteiger partial charge >= 0.3 is 0 Å². The van der Waals surface area contributed by atoms with Crippen molar-refractivity contribution >= 4 is 89.5 Å². The summed E-state index contributed by atoms with van der Waals surface area (Å²) in [6.45, 7) is 6.44. The van der Waals surface area contributed by atoms with E-state index in [0.717, 1.165) is 35.8 Å². The van der Waals surface area contributed by atoms with Gasteiger partial charge in [0.2, 0.25) is 0 Å². The van der Waals surface area contributed by atoms with Crippen LogP contribution in [0.5, 0.6) is 0 Å². The molecular weight excluding hydrogens is 853 g/mol. The molecule has 7 aromatic carbocycles. The van der Waals surface area contributed by atoms with Crippen molar-refractivity contribution < 1.29 is 0 Å². The number of benzene rings is 7. The first-order chi connectivity index (χ1) is 33.1. The zero-order valence-electron chi connectivity index (χ0n) is 37.7. The molecule has 0 atom stereocenters. The van der Waals surface area contributed by atoms with Crippen LogP contribution in [0, 0.1) is 0 Å². The van der Waals surface area contributed by atoms with Crippen molar-refractivity contribution in [2.45, 2.75) is 58.0 Å². The van der Waals surface area contributed by atoms with Gasteiger partial charge in [-0.1, -0.05) is 78.9 Å². The van der Waals surface area contributed by atoms with E-state index < -0.39 is 5.41 Å². The predicted octanol–water partition coefficient (Wildman–Crippen LogP) is 17.1. The van der Waals surface area contributed by atoms with E-state index in [0.29, 0.717) is 0 Å². The lowest BCUT2D eigenvalue weighted by atomic mass is 9.71. The van der Waals surface area contributed by atoms with Gasteiger partial charge in [-0.25, -0.2) is 0 Å². The van der Waals surface area contributed by atoms with Crippen LogP contribution in [-0.4, -0.2) is 9.13 Å². The monoisotopic (exact) mass is 900 g/mol. The molecule has 4 aromatic heterocycles. The molecule has 14 rings (SSSR count). The molecule has 0 unspecified atom stereocenters. The summed E-state index contributed by atoms with van der Waals surface area (Å²) in [6.07, 6.45) is 4.89. The minimum atomic E-state index is -0.482. The molecule has 0 saturated heterocycles. The maximum Gasteiger partial charge on any atom is 0.0743 e. The molecule has 67 heavy (non-hydrogen) atoms. The van der Waals surface area contributed by atoms with Gasteiger partial charge in [-0.3, -0.25) is 0 Å². The molecule has 0 fully saturated rings. The van der Waals surface area contributed by atoms with Gasteiger partial charge in [0.25, 0.3) is 0 Å². The van der Waals surface area contributed by atoms with E-state index in [1.165, 1.54) is 113 Å². The number of nitrogens with zero attached hydrogens (tertiary/aromatic N) is 4. The number of para-hydroxylation sites is 3. The first-order valence-corrected chi connectivity index (χ1v) is 25.7. The van der Waals surface area contributed by atoms with Gasteiger partial charge in [0, 0.05) is 84.3 Å². The molecule has 4 nitrogen and oxygen atoms in total. The fourth-order valence-corrected chi connectivity index (χ4v) is 14.7. The molecule has 4 heterocycles. The second-order valence-corrected chi connectivity index (χ2v) is 20.3. The fourth-order valence-electron chi connectivity index (χ4n) is 12.6. The number of anilines is 6. The van der Waals surface area contributed by atoms with E-state index in [1.54, 1.807) is 11.3 Å². The second kappa shape index (κ2) is 14.9. The average Bonchev–Trinajstić information content (AvgIpc) is 4.24. The highest BCUT2D eigenvalue weighted by Crippen LogP contribution is 2.66. The van der Waals surface area contributed by atoms with Gasteiger partial charge < -0.3 is 18.9 Å². The SMILES string of the molecule is CCn1c2c(c3ccc(N(c4ccccc4)c4ccc5c(c4)C4(c6cc(N(c7ccccc7)c7ccc8c9ccccc9n(CC)c8c7)ccc6-5)c5ccsc5-c5sccc54)cc31)CCCC2. The lowest BCUT2D eigenvalue weighted by Crippen LogP contribution is -2.26. The Balaban J connectivity index is 0.983. The molecular formula is C61H48N4S2. The summed E-state index contributed by atoms with van der Waals surface area (Å²) in [7, 11) is 0. The molecule has 0 aliphatic heterocycles. The molecule has 3 aliphatic carbocycles. The van der Waals surface area contributed by atoms with E-state index in [4.69, 9.17) is 0 Å². The Kier molecular flexibility index (Phi) is 8.72. The number of hydrogen-bond donors (Lipinski definition) is 0. The topological polar surface area (TPSA) is 16.3 Å². The van der Waals surface area contributed by atoms with E-state index in [2.05, 4.69) is 213 Å². The summed E-state index contributed by atoms with van der Waals surface area (Å²) in [5, 5.41) is 8.64. The zero-order valence-corrected chi connectivity index (χ0v) is 39.3. The van der Waals surface area contributed by atoms with E-state index in [-0.39, 0.29) is 0 Å². The highest BCUT2D eigenvalue weighted by molar-refractivity contribution is 7.21. The standard InChI is InChI=1S/C61H48N4S2/c1-3-62-55-21-13-11-19-47(55)49-29-25-43(37-57(49)62)64(39-15-7-5-8-16-39)41-23-27-45-46-28-24-42(36-54(46)61(53(45)35-41)51-31-33-66-59(51)60-52(61)32-34-67-60)65(40-17-9-6-10-18-40)44-26-30-50-48-20-12-14-22-56(48)63(4-2)58(50)38-44/h5-11,13,15-19,21,23-38H,3-4,12,14,20,22H2,1-2H3. The van der Waals surface area contributed by atoms with Crippen LogP contribution in [-0.2, 0) is 31.3 Å². The van der Waals surface area contributed by atoms with E-state index in [9.17, 15) is 0 Å². The highest BCUT2D eigenvalue weighted by atomic mass is 32.1. The molecule has 3 aliphatic rings. The number of aromatic nitrogens is 2. The normalized spacial score (nSPS) is 14.1. The molecule has 324 valence electrons. The lowest BCUT2D eigenvalue weighted by Gasteiger charge is -2.32. The van der Waals surface area contributed by atoms with Crippen LogP contribution >= 0.6 is 22.7 Å². The average molecular weight is 901 g/mol. The number of hydrogen-bond acceptors (Lipinski definition) is 4. The summed E-state index contributed by atoms with van der Waals surface area (Å²) in [4.78, 5) is 7.75. The molecule has 1 spiro atoms. The van der Waals surface area contributed by atoms with Crippen LogP contribution in [0.1, 0.15) is 60.2 Å². The van der Waals surface area contributed by atoms with E-state index in [1.807, 2.05) is 22.7 Å². The number of thiophene rings is 2. The van der Waals surface area contributed by atoms with Crippen LogP contribution < -0.4 is 9.80 Å². The van der Waals surface area contributed by atoms with E-state index >= 15 is 0 Å². The Morgan fingerprint density at radius 1 is 0.433 bits per heavy atom. The third kappa shape index (κ3) is 5.45. The van der Waals surface area contributed by atoms with Crippen molar-refractivity contribution in [2.75, 3.05) is 9.80 Å². The van der Waals surface area contributed by atoms with Crippen molar-refractivity contribution in [3.63, 3.8) is 0 Å². The molecule has 0 bridgehead atoms. The first kappa shape index (κ1) is 39.1. The van der Waals surface area contributed by atoms with Gasteiger partial charge in [0.15, 0.2) is 0 Å². The number of fused-ring (bicyclic) bond motifs is 16. The first-order valence-electron chi connectivity index (χ1n) is 24.0. The van der Waals surface area contributed by atoms with Crippen LogP contribution in [0.2, 0.25) is 0 Å². The quantitative estimate of drug-likeness (QED) is 0.151. The largest absolute Gasteiger partial charge is 0.345 e. The van der Waals surface area contributed by atoms with Crippen molar-refractivity contribution in [1.29, 1.82) is 0 Å². The number of aryl methyl sites for hydroxylation is 3. The van der Waals surface area contributed by atoms with Gasteiger partial charge in [0.05, 0.1) is 16.4 Å². The van der Waals surface area contributed by atoms with Crippen molar-refractivity contribution in [3.8, 4) is 20.9 Å². The summed E-state index contributed by atoms with van der Waals surface area (Å²) < 4.78 is 5.06. The molecule has 0 radical (unpaired) electrons. The van der Waals surface area contributed by atoms with Crippen LogP contribution in [0.25, 0.3) is 53.6 Å². The molecule has 6 heteroatoms. The van der Waals surface area contributed by atoms with Crippen LogP contribution in [0.15, 0.2) is 181 Å². The summed E-state index contributed by atoms with van der Waals surface area (Å²) >= 11 is 3.77. The molecule has 0 amide bonds. The van der Waals surface area contributed by atoms with Crippen molar-refractivity contribution in [3.05, 3.63) is 214 Å². The Labute approximate surface area is 399 Å². The van der Waals surface area contributed by atoms with Gasteiger partial charge in [-0.05, 0) is 180 Å². The summed E-state index contributed by atoms with van der Waals surface area (Å²) in [5.74, 6) is 0. The third-order valence-corrected chi connectivity index (χ3v) is 17.3. The van der Waals surface area contributed by atoms with Crippen LogP contribution in [0.4, 0.5) is 34.1 Å². The summed E-state index contributed by atoms with van der Waals surface area (Å²) in [5.41, 5.74) is 21.5. The van der Waals surface area contributed by atoms with Gasteiger partial charge in [0.1, 0.15) is 0 Å². The Hall–Kier alpha value is -7.12. The van der Waals surface area contributed by atoms with Crippen LogP contribution in [0.3, 0.4) is 0 Å². The minimum Gasteiger partial charge on any atom is -0.345 e. The van der Waals surface area contributed by atoms with Gasteiger partial charge in [-0.2, -0.15) is 0 Å². The highest BCUT2D eigenvalue weighted by Gasteiger charge is 2.53. The fraction of sp³-hybridized carbons (Fsp3) is 0.148. The zero-order chi connectivity index (χ0) is 44.4. The maximum absolute atomic E-state index is 2.59. The predicted molar refractivity (Wildman–Crippen MR) is 284 cm³/mol. The Bertz CT molecular complexity index is 3710. The Morgan fingerprint density at radius 2 is 0.925 bits per heavy atom. The smallest absolute Gasteiger partial charge is 0.0743 e. The maximum atomic E-state index is 2.59. The Morgan fingerprint density at radius 3 is 1.52 bits per heavy atom.